The molecule has 1 heterocycles. The van der Waals surface area contributed by atoms with E-state index in [1.54, 1.807) is 4.90 Å². The van der Waals surface area contributed by atoms with Gasteiger partial charge in [0.15, 0.2) is 0 Å². The Labute approximate surface area is 113 Å². The van der Waals surface area contributed by atoms with E-state index in [9.17, 15) is 13.2 Å². The highest BCUT2D eigenvalue weighted by Gasteiger charge is 2.41. The lowest BCUT2D eigenvalue weighted by molar-refractivity contribution is -0.133. The Balaban J connectivity index is 2.93. The van der Waals surface area contributed by atoms with Crippen molar-refractivity contribution >= 4 is 27.9 Å². The minimum absolute atomic E-state index is 0.101. The minimum atomic E-state index is -3.52. The van der Waals surface area contributed by atoms with Gasteiger partial charge in [0, 0.05) is 32.9 Å². The first-order chi connectivity index (χ1) is 8.36. The van der Waals surface area contributed by atoms with Gasteiger partial charge in [-0.25, -0.2) is 0 Å². The van der Waals surface area contributed by atoms with Crippen molar-refractivity contribution in [1.82, 2.24) is 13.5 Å². The van der Waals surface area contributed by atoms with Crippen molar-refractivity contribution in [3.05, 3.63) is 0 Å². The first-order valence-electron chi connectivity index (χ1n) is 5.92. The average Bonchev–Trinajstić information content (AvgIpc) is 2.79. The second-order valence-electron chi connectivity index (χ2n) is 4.20. The van der Waals surface area contributed by atoms with E-state index in [2.05, 4.69) is 0 Å². The Hall–Kier alpha value is -0.310. The molecule has 0 N–H and O–H groups in total. The van der Waals surface area contributed by atoms with Crippen LogP contribution in [0, 0.1) is 0 Å². The van der Waals surface area contributed by atoms with Crippen LogP contribution in [0.3, 0.4) is 0 Å². The highest BCUT2D eigenvalue weighted by molar-refractivity contribution is 8.00. The fourth-order valence-electron chi connectivity index (χ4n) is 1.81. The van der Waals surface area contributed by atoms with E-state index in [0.29, 0.717) is 24.7 Å². The van der Waals surface area contributed by atoms with Gasteiger partial charge in [0.1, 0.15) is 6.04 Å². The van der Waals surface area contributed by atoms with E-state index >= 15 is 0 Å². The molecular formula is C10H21N3O3S2. The molecule has 1 aliphatic rings. The van der Waals surface area contributed by atoms with E-state index in [1.165, 1.54) is 30.2 Å². The molecular weight excluding hydrogens is 274 g/mol. The largest absolute Gasteiger partial charge is 0.342 e. The number of hydrogen-bond donors (Lipinski definition) is 0. The molecule has 1 aliphatic heterocycles. The van der Waals surface area contributed by atoms with Crippen molar-refractivity contribution in [3.63, 3.8) is 0 Å². The Morgan fingerprint density at radius 1 is 1.33 bits per heavy atom. The Morgan fingerprint density at radius 3 is 2.33 bits per heavy atom. The number of thioether (sulfide) groups is 1. The molecule has 6 nitrogen and oxygen atoms in total. The molecule has 0 saturated carbocycles. The summed E-state index contributed by atoms with van der Waals surface area (Å²) in [5.41, 5.74) is 0. The zero-order chi connectivity index (χ0) is 13.9. The summed E-state index contributed by atoms with van der Waals surface area (Å²) in [6.07, 6.45) is 0. The summed E-state index contributed by atoms with van der Waals surface area (Å²) >= 11 is 1.47. The van der Waals surface area contributed by atoms with Crippen molar-refractivity contribution in [3.8, 4) is 0 Å². The van der Waals surface area contributed by atoms with Crippen LogP contribution in [0.2, 0.25) is 0 Å². The maximum absolute atomic E-state index is 12.3. The van der Waals surface area contributed by atoms with Crippen molar-refractivity contribution in [2.75, 3.05) is 38.8 Å². The summed E-state index contributed by atoms with van der Waals surface area (Å²) in [6, 6.07) is -0.567. The molecule has 0 bridgehead atoms. The van der Waals surface area contributed by atoms with Crippen LogP contribution >= 0.6 is 11.8 Å². The van der Waals surface area contributed by atoms with Crippen LogP contribution in [0.25, 0.3) is 0 Å². The quantitative estimate of drug-likeness (QED) is 0.718. The SMILES string of the molecule is CCN(CC)C(=O)[C@H]1CSCN1S(=O)(=O)N(C)C. The number of carbonyl (C=O) groups is 1. The smallest absolute Gasteiger partial charge is 0.282 e. The fraction of sp³-hybridized carbons (Fsp3) is 0.900. The first-order valence-corrected chi connectivity index (χ1v) is 8.47. The molecule has 1 amide bonds. The summed E-state index contributed by atoms with van der Waals surface area (Å²) < 4.78 is 26.7. The van der Waals surface area contributed by atoms with Crippen molar-refractivity contribution in [2.45, 2.75) is 19.9 Å². The molecule has 1 fully saturated rings. The van der Waals surface area contributed by atoms with Gasteiger partial charge >= 0.3 is 0 Å². The summed E-state index contributed by atoms with van der Waals surface area (Å²) in [4.78, 5) is 14.0. The number of rotatable bonds is 5. The lowest BCUT2D eigenvalue weighted by Crippen LogP contribution is -2.51. The fourth-order valence-corrected chi connectivity index (χ4v) is 4.57. The van der Waals surface area contributed by atoms with E-state index in [-0.39, 0.29) is 5.91 Å². The molecule has 0 radical (unpaired) electrons. The molecule has 0 aromatic rings. The van der Waals surface area contributed by atoms with Gasteiger partial charge in [0.2, 0.25) is 5.91 Å². The van der Waals surface area contributed by atoms with Crippen molar-refractivity contribution < 1.29 is 13.2 Å². The zero-order valence-electron chi connectivity index (χ0n) is 11.3. The minimum Gasteiger partial charge on any atom is -0.342 e. The Bertz CT molecular complexity index is 393. The predicted molar refractivity (Wildman–Crippen MR) is 73.5 cm³/mol. The van der Waals surface area contributed by atoms with E-state index < -0.39 is 16.3 Å². The molecule has 0 aromatic carbocycles. The van der Waals surface area contributed by atoms with Crippen molar-refractivity contribution in [2.24, 2.45) is 0 Å². The van der Waals surface area contributed by atoms with Crippen LogP contribution in [-0.2, 0) is 15.0 Å². The van der Waals surface area contributed by atoms with Gasteiger partial charge in [-0.05, 0) is 13.8 Å². The number of carbonyl (C=O) groups excluding carboxylic acids is 1. The van der Waals surface area contributed by atoms with Crippen LogP contribution in [0.5, 0.6) is 0 Å². The average molecular weight is 295 g/mol. The van der Waals surface area contributed by atoms with Gasteiger partial charge in [0.25, 0.3) is 10.2 Å². The number of hydrogen-bond acceptors (Lipinski definition) is 4. The normalized spacial score (nSPS) is 21.5. The number of amides is 1. The van der Waals surface area contributed by atoms with Crippen LogP contribution in [0.1, 0.15) is 13.8 Å². The monoisotopic (exact) mass is 295 g/mol. The Kier molecular flexibility index (Phi) is 5.45. The third-order valence-electron chi connectivity index (χ3n) is 2.96. The van der Waals surface area contributed by atoms with Gasteiger partial charge in [0.05, 0.1) is 5.88 Å². The summed E-state index contributed by atoms with van der Waals surface area (Å²) in [7, 11) is -0.556. The second kappa shape index (κ2) is 6.23. The molecule has 1 rings (SSSR count). The van der Waals surface area contributed by atoms with Crippen LogP contribution in [0.15, 0.2) is 0 Å². The van der Waals surface area contributed by atoms with Gasteiger partial charge in [-0.2, -0.15) is 17.0 Å². The molecule has 0 unspecified atom stereocenters. The van der Waals surface area contributed by atoms with E-state index in [0.717, 1.165) is 4.31 Å². The maximum atomic E-state index is 12.3. The third kappa shape index (κ3) is 2.98. The summed E-state index contributed by atoms with van der Waals surface area (Å²) in [5, 5.41) is 0. The van der Waals surface area contributed by atoms with Crippen molar-refractivity contribution in [1.29, 1.82) is 0 Å². The van der Waals surface area contributed by atoms with Gasteiger partial charge in [-0.15, -0.1) is 11.8 Å². The molecule has 18 heavy (non-hydrogen) atoms. The summed E-state index contributed by atoms with van der Waals surface area (Å²) in [6.45, 7) is 5.00. The third-order valence-corrected chi connectivity index (χ3v) is 6.03. The molecule has 8 heteroatoms. The molecule has 1 atom stereocenters. The van der Waals surface area contributed by atoms with E-state index in [1.807, 2.05) is 13.8 Å². The summed E-state index contributed by atoms with van der Waals surface area (Å²) in [5.74, 6) is 0.774. The topological polar surface area (TPSA) is 60.9 Å². The lowest BCUT2D eigenvalue weighted by Gasteiger charge is -2.29. The molecule has 0 aliphatic carbocycles. The highest BCUT2D eigenvalue weighted by Crippen LogP contribution is 2.26. The zero-order valence-corrected chi connectivity index (χ0v) is 12.9. The first kappa shape index (κ1) is 15.7. The molecule has 1 saturated heterocycles. The van der Waals surface area contributed by atoms with Gasteiger partial charge in [-0.3, -0.25) is 4.79 Å². The molecule has 0 aromatic heterocycles. The highest BCUT2D eigenvalue weighted by atomic mass is 32.2. The lowest BCUT2D eigenvalue weighted by atomic mass is 10.3. The number of likely N-dealkylation sites (N-methyl/N-ethyl adjacent to an activating group) is 1. The standard InChI is InChI=1S/C10H21N3O3S2/c1-5-12(6-2)10(14)9-7-17-8-13(9)18(15,16)11(3)4/h9H,5-8H2,1-4H3/t9-/m1/s1. The Morgan fingerprint density at radius 2 is 1.89 bits per heavy atom. The molecule has 106 valence electrons. The van der Waals surface area contributed by atoms with E-state index in [4.69, 9.17) is 0 Å². The van der Waals surface area contributed by atoms with Gasteiger partial charge < -0.3 is 4.90 Å². The van der Waals surface area contributed by atoms with Crippen LogP contribution in [-0.4, -0.2) is 72.7 Å². The predicted octanol–water partition coefficient (Wildman–Crippen LogP) is 0.0361. The maximum Gasteiger partial charge on any atom is 0.282 e. The van der Waals surface area contributed by atoms with Gasteiger partial charge in [-0.1, -0.05) is 0 Å². The second-order valence-corrected chi connectivity index (χ2v) is 7.30. The molecule has 0 spiro atoms. The van der Waals surface area contributed by atoms with Crippen LogP contribution < -0.4 is 0 Å². The van der Waals surface area contributed by atoms with Crippen LogP contribution in [0.4, 0.5) is 0 Å². The number of nitrogens with zero attached hydrogens (tertiary/aromatic N) is 3.